The van der Waals surface area contributed by atoms with Crippen molar-refractivity contribution in [3.8, 4) is 5.75 Å². The van der Waals surface area contributed by atoms with Gasteiger partial charge in [0.15, 0.2) is 5.75 Å². The zero-order chi connectivity index (χ0) is 14.5. The molecule has 1 aliphatic rings. The van der Waals surface area contributed by atoms with Gasteiger partial charge in [-0.25, -0.2) is 0 Å². The quantitative estimate of drug-likeness (QED) is 0.833. The van der Waals surface area contributed by atoms with Crippen LogP contribution >= 0.6 is 0 Å². The van der Waals surface area contributed by atoms with E-state index in [-0.39, 0.29) is 0 Å². The van der Waals surface area contributed by atoms with Gasteiger partial charge in [-0.2, -0.15) is 5.10 Å². The summed E-state index contributed by atoms with van der Waals surface area (Å²) in [6, 6.07) is 0.554. The highest BCUT2D eigenvalue weighted by Gasteiger charge is 2.33. The summed E-state index contributed by atoms with van der Waals surface area (Å²) in [6.07, 6.45) is 6.88. The standard InChI is InChI=1S/C16H29N3O/c1-5-9-19-16(15(20-4)11-18-19)14-8-6-7-13(14)10-17-12(2)3/h11-14,17H,5-10H2,1-4H3. The van der Waals surface area contributed by atoms with E-state index in [0.717, 1.165) is 25.3 Å². The van der Waals surface area contributed by atoms with Crippen molar-refractivity contribution in [1.29, 1.82) is 0 Å². The lowest BCUT2D eigenvalue weighted by Crippen LogP contribution is -2.30. The summed E-state index contributed by atoms with van der Waals surface area (Å²) in [5.74, 6) is 2.27. The summed E-state index contributed by atoms with van der Waals surface area (Å²) >= 11 is 0. The minimum Gasteiger partial charge on any atom is -0.493 e. The second-order valence-electron chi connectivity index (χ2n) is 6.18. The Bertz CT molecular complexity index is 414. The van der Waals surface area contributed by atoms with Crippen LogP contribution in [0.3, 0.4) is 0 Å². The molecule has 4 nitrogen and oxygen atoms in total. The maximum atomic E-state index is 5.55. The summed E-state index contributed by atoms with van der Waals surface area (Å²) in [4.78, 5) is 0. The number of hydrogen-bond acceptors (Lipinski definition) is 3. The minimum absolute atomic E-state index is 0.554. The molecule has 1 aliphatic carbocycles. The van der Waals surface area contributed by atoms with Gasteiger partial charge in [-0.3, -0.25) is 4.68 Å². The molecule has 114 valence electrons. The summed E-state index contributed by atoms with van der Waals surface area (Å²) in [5.41, 5.74) is 1.32. The smallest absolute Gasteiger partial charge is 0.160 e. The van der Waals surface area contributed by atoms with E-state index in [9.17, 15) is 0 Å². The Hall–Kier alpha value is -1.03. The molecule has 0 bridgehead atoms. The van der Waals surface area contributed by atoms with Gasteiger partial charge in [0, 0.05) is 18.5 Å². The Labute approximate surface area is 122 Å². The van der Waals surface area contributed by atoms with Gasteiger partial charge >= 0.3 is 0 Å². The van der Waals surface area contributed by atoms with E-state index in [1.54, 1.807) is 7.11 Å². The second kappa shape index (κ2) is 7.11. The summed E-state index contributed by atoms with van der Waals surface area (Å²) < 4.78 is 7.72. The Balaban J connectivity index is 2.17. The van der Waals surface area contributed by atoms with Crippen molar-refractivity contribution in [2.24, 2.45) is 5.92 Å². The van der Waals surface area contributed by atoms with Crippen LogP contribution in [0.5, 0.6) is 5.75 Å². The number of nitrogens with zero attached hydrogens (tertiary/aromatic N) is 2. The largest absolute Gasteiger partial charge is 0.493 e. The maximum absolute atomic E-state index is 5.55. The minimum atomic E-state index is 0.554. The van der Waals surface area contributed by atoms with Gasteiger partial charge in [-0.05, 0) is 31.7 Å². The molecule has 2 unspecified atom stereocenters. The fraction of sp³-hybridized carbons (Fsp3) is 0.812. The molecule has 0 amide bonds. The van der Waals surface area contributed by atoms with Crippen LogP contribution in [0.15, 0.2) is 6.20 Å². The summed E-state index contributed by atoms with van der Waals surface area (Å²) in [7, 11) is 1.76. The van der Waals surface area contributed by atoms with E-state index in [1.165, 1.54) is 25.0 Å². The summed E-state index contributed by atoms with van der Waals surface area (Å²) in [6.45, 7) is 8.71. The highest BCUT2D eigenvalue weighted by Crippen LogP contribution is 2.42. The van der Waals surface area contributed by atoms with Gasteiger partial charge in [0.05, 0.1) is 19.0 Å². The van der Waals surface area contributed by atoms with E-state index < -0.39 is 0 Å². The normalized spacial score (nSPS) is 22.6. The number of nitrogens with one attached hydrogen (secondary N) is 1. The first-order chi connectivity index (χ1) is 9.67. The lowest BCUT2D eigenvalue weighted by atomic mass is 9.92. The average Bonchev–Trinajstić information content (AvgIpc) is 3.02. The molecule has 2 atom stereocenters. The van der Waals surface area contributed by atoms with Crippen LogP contribution in [-0.2, 0) is 6.54 Å². The molecule has 1 aromatic rings. The molecule has 0 radical (unpaired) electrons. The van der Waals surface area contributed by atoms with Crippen molar-refractivity contribution in [3.63, 3.8) is 0 Å². The van der Waals surface area contributed by atoms with Gasteiger partial charge in [0.2, 0.25) is 0 Å². The molecule has 4 heteroatoms. The molecule has 0 saturated heterocycles. The first kappa shape index (κ1) is 15.4. The van der Waals surface area contributed by atoms with Crippen molar-refractivity contribution < 1.29 is 4.74 Å². The number of hydrogen-bond donors (Lipinski definition) is 1. The van der Waals surface area contributed by atoms with Crippen molar-refractivity contribution in [2.45, 2.75) is 65.0 Å². The van der Waals surface area contributed by atoms with E-state index in [1.807, 2.05) is 6.20 Å². The molecule has 20 heavy (non-hydrogen) atoms. The number of rotatable bonds is 7. The molecule has 2 rings (SSSR count). The van der Waals surface area contributed by atoms with Crippen LogP contribution in [0, 0.1) is 5.92 Å². The van der Waals surface area contributed by atoms with Crippen LogP contribution < -0.4 is 10.1 Å². The Morgan fingerprint density at radius 2 is 2.25 bits per heavy atom. The molecule has 0 aliphatic heterocycles. The van der Waals surface area contributed by atoms with Crippen LogP contribution in [0.2, 0.25) is 0 Å². The fourth-order valence-corrected chi connectivity index (χ4v) is 3.33. The molecule has 1 heterocycles. The van der Waals surface area contributed by atoms with Gasteiger partial charge in [0.25, 0.3) is 0 Å². The lowest BCUT2D eigenvalue weighted by Gasteiger charge is -2.23. The molecule has 1 fully saturated rings. The van der Waals surface area contributed by atoms with Gasteiger partial charge in [0.1, 0.15) is 0 Å². The lowest BCUT2D eigenvalue weighted by molar-refractivity contribution is 0.371. The summed E-state index contributed by atoms with van der Waals surface area (Å²) in [5, 5.41) is 8.12. The van der Waals surface area contributed by atoms with Crippen LogP contribution in [-0.4, -0.2) is 29.5 Å². The van der Waals surface area contributed by atoms with E-state index in [2.05, 4.69) is 35.9 Å². The van der Waals surface area contributed by atoms with E-state index in [4.69, 9.17) is 4.74 Å². The second-order valence-corrected chi connectivity index (χ2v) is 6.18. The van der Waals surface area contributed by atoms with Crippen LogP contribution in [0.4, 0.5) is 0 Å². The Morgan fingerprint density at radius 1 is 1.45 bits per heavy atom. The third-order valence-electron chi connectivity index (χ3n) is 4.30. The number of aromatic nitrogens is 2. The van der Waals surface area contributed by atoms with Gasteiger partial charge < -0.3 is 10.1 Å². The van der Waals surface area contributed by atoms with Gasteiger partial charge in [-0.1, -0.05) is 27.2 Å². The monoisotopic (exact) mass is 279 g/mol. The van der Waals surface area contributed by atoms with Crippen molar-refractivity contribution in [2.75, 3.05) is 13.7 Å². The molecule has 0 spiro atoms. The zero-order valence-electron chi connectivity index (χ0n) is 13.4. The maximum Gasteiger partial charge on any atom is 0.160 e. The molecule has 1 aromatic heterocycles. The topological polar surface area (TPSA) is 39.1 Å². The van der Waals surface area contributed by atoms with Crippen molar-refractivity contribution in [3.05, 3.63) is 11.9 Å². The van der Waals surface area contributed by atoms with E-state index in [0.29, 0.717) is 17.9 Å². The predicted molar refractivity (Wildman–Crippen MR) is 82.3 cm³/mol. The first-order valence-electron chi connectivity index (χ1n) is 8.00. The van der Waals surface area contributed by atoms with Crippen molar-refractivity contribution >= 4 is 0 Å². The zero-order valence-corrected chi connectivity index (χ0v) is 13.4. The fourth-order valence-electron chi connectivity index (χ4n) is 3.33. The first-order valence-corrected chi connectivity index (χ1v) is 8.00. The van der Waals surface area contributed by atoms with Crippen LogP contribution in [0.25, 0.3) is 0 Å². The number of ether oxygens (including phenoxy) is 1. The number of aryl methyl sites for hydroxylation is 1. The SMILES string of the molecule is CCCn1ncc(OC)c1C1CCCC1CNC(C)C. The Kier molecular flexibility index (Phi) is 5.46. The molecular weight excluding hydrogens is 250 g/mol. The van der Waals surface area contributed by atoms with Crippen molar-refractivity contribution in [1.82, 2.24) is 15.1 Å². The van der Waals surface area contributed by atoms with Crippen LogP contribution in [0.1, 0.15) is 58.1 Å². The highest BCUT2D eigenvalue weighted by atomic mass is 16.5. The predicted octanol–water partition coefficient (Wildman–Crippen LogP) is 3.18. The number of methoxy groups -OCH3 is 1. The molecule has 0 aromatic carbocycles. The molecule has 1 N–H and O–H groups in total. The highest BCUT2D eigenvalue weighted by molar-refractivity contribution is 5.30. The molecule has 1 saturated carbocycles. The van der Waals surface area contributed by atoms with E-state index >= 15 is 0 Å². The average molecular weight is 279 g/mol. The molecular formula is C16H29N3O. The Morgan fingerprint density at radius 3 is 2.90 bits per heavy atom. The third kappa shape index (κ3) is 3.35. The van der Waals surface area contributed by atoms with Gasteiger partial charge in [-0.15, -0.1) is 0 Å². The third-order valence-corrected chi connectivity index (χ3v) is 4.30.